The fraction of sp³-hybridized carbons (Fsp3) is 0.0781. The van der Waals surface area contributed by atoms with E-state index >= 15 is 0 Å². The third-order valence-electron chi connectivity index (χ3n) is 11.3. The lowest BCUT2D eigenvalue weighted by atomic mass is 10.1. The molecule has 0 spiro atoms. The smallest absolute Gasteiger partial charge is 0.338 e. The predicted molar refractivity (Wildman–Crippen MR) is 332 cm³/mol. The summed E-state index contributed by atoms with van der Waals surface area (Å²) in [7, 11) is 0. The maximum absolute atomic E-state index is 12.9. The van der Waals surface area contributed by atoms with Gasteiger partial charge in [0.05, 0.1) is 56.6 Å². The minimum atomic E-state index is -0.374. The van der Waals surface area contributed by atoms with Crippen LogP contribution in [0.4, 0.5) is 78.7 Å². The van der Waals surface area contributed by atoms with Gasteiger partial charge in [-0.2, -0.15) is 0 Å². The highest BCUT2D eigenvalue weighted by atomic mass is 127. The zero-order valence-electron chi connectivity index (χ0n) is 43.3. The molecule has 1 fully saturated rings. The van der Waals surface area contributed by atoms with E-state index in [9.17, 15) is 4.79 Å². The molecule has 1 aliphatic heterocycles. The van der Waals surface area contributed by atoms with E-state index in [4.69, 9.17) is 42.6 Å². The highest BCUT2D eigenvalue weighted by Gasteiger charge is 2.16. The van der Waals surface area contributed by atoms with Crippen LogP contribution < -0.4 is 42.6 Å². The third kappa shape index (κ3) is 19.5. The summed E-state index contributed by atoms with van der Waals surface area (Å²) < 4.78 is 6.55. The van der Waals surface area contributed by atoms with Crippen LogP contribution in [-0.2, 0) is 4.74 Å². The van der Waals surface area contributed by atoms with Crippen molar-refractivity contribution in [2.24, 2.45) is 5.84 Å². The molecule has 1 heterocycles. The van der Waals surface area contributed by atoms with Crippen LogP contribution >= 0.6 is 22.6 Å². The Morgan fingerprint density at radius 1 is 0.519 bits per heavy atom. The van der Waals surface area contributed by atoms with E-state index in [1.165, 1.54) is 0 Å². The summed E-state index contributed by atoms with van der Waals surface area (Å²) in [4.78, 5) is 28.7. The molecular weight excluding hydrogens is 1100 g/mol. The molecule has 0 aromatic heterocycles. The van der Waals surface area contributed by atoms with E-state index in [0.29, 0.717) is 34.1 Å². The number of urea groups is 1. The van der Waals surface area contributed by atoms with Gasteiger partial charge in [0.15, 0.2) is 22.7 Å². The number of nitrogens with one attached hydrogen (secondary N) is 3. The molecule has 1 aliphatic rings. The molecular formula is C64H57IN12O2. The first-order chi connectivity index (χ1) is 38.5. The van der Waals surface area contributed by atoms with Gasteiger partial charge in [-0.15, -0.1) is 0 Å². The number of carbonyl (C=O) groups is 1. The number of carbonyl (C=O) groups excluding carboxylic acids is 1. The molecule has 1 saturated heterocycles. The number of hydrogen-bond acceptors (Lipinski definition) is 8. The molecule has 0 unspecified atom stereocenters. The van der Waals surface area contributed by atoms with Gasteiger partial charge in [-0.25, -0.2) is 35.4 Å². The molecule has 9 aromatic carbocycles. The first kappa shape index (κ1) is 58.1. The number of morpholine rings is 1. The number of para-hydroxylation sites is 4. The van der Waals surface area contributed by atoms with Gasteiger partial charge >= 0.3 is 6.03 Å². The van der Waals surface area contributed by atoms with Crippen LogP contribution in [0.1, 0.15) is 5.56 Å². The number of nitrogen functional groups attached to an aromatic ring is 1. The topological polar surface area (TPSA) is 142 Å². The Balaban J connectivity index is 0.000000179. The van der Waals surface area contributed by atoms with Crippen LogP contribution in [0.2, 0.25) is 0 Å². The average molecular weight is 1150 g/mol. The third-order valence-corrected chi connectivity index (χ3v) is 12.0. The Labute approximate surface area is 476 Å². The number of benzene rings is 9. The van der Waals surface area contributed by atoms with Crippen molar-refractivity contribution < 1.29 is 9.53 Å². The van der Waals surface area contributed by atoms with Gasteiger partial charge < -0.3 is 26.0 Å². The summed E-state index contributed by atoms with van der Waals surface area (Å²) in [6, 6.07) is 73.3. The number of aryl methyl sites for hydroxylation is 1. The second-order valence-electron chi connectivity index (χ2n) is 17.0. The SMILES string of the molecule is Nc1ccccc1.[C-]#[N+]c1cccc(I)c1.[C-]#[N+]c1cccc(N(N)c2ccccc2)c1.[C-]#[N+]c1cccc(N(NC(=O)Nc2ccc(N3CCOCC3)c(C)c2)c2ccccc2)c1.[C-]#[N+]c1cccc(Nc2ccccc2)c1. The quantitative estimate of drug-likeness (QED) is 0.0316. The van der Waals surface area contributed by atoms with Crippen molar-refractivity contribution in [3.63, 3.8) is 0 Å². The fourth-order valence-corrected chi connectivity index (χ4v) is 8.03. The molecule has 7 N–H and O–H groups in total. The number of ether oxygens (including phenoxy) is 1. The van der Waals surface area contributed by atoms with Crippen LogP contribution in [0.3, 0.4) is 0 Å². The van der Waals surface area contributed by atoms with Gasteiger partial charge in [-0.3, -0.25) is 10.0 Å². The van der Waals surface area contributed by atoms with Crippen molar-refractivity contribution in [2.75, 3.05) is 57.6 Å². The van der Waals surface area contributed by atoms with Crippen molar-refractivity contribution in [2.45, 2.75) is 6.92 Å². The number of nitrogens with zero attached hydrogens (tertiary/aromatic N) is 7. The van der Waals surface area contributed by atoms with Gasteiger partial charge in [-0.1, -0.05) is 127 Å². The number of hydrogen-bond donors (Lipinski definition) is 5. The fourth-order valence-electron chi connectivity index (χ4n) is 7.50. The molecule has 14 nitrogen and oxygen atoms in total. The Kier molecular flexibility index (Phi) is 23.3. The molecule has 0 aliphatic carbocycles. The number of halogens is 1. The molecule has 0 bridgehead atoms. The molecule has 392 valence electrons. The number of rotatable bonds is 9. The summed E-state index contributed by atoms with van der Waals surface area (Å²) in [5, 5.41) is 9.38. The molecule has 15 heteroatoms. The van der Waals surface area contributed by atoms with Crippen LogP contribution in [0, 0.1) is 36.8 Å². The van der Waals surface area contributed by atoms with Crippen molar-refractivity contribution in [3.05, 3.63) is 291 Å². The van der Waals surface area contributed by atoms with E-state index < -0.39 is 0 Å². The van der Waals surface area contributed by atoms with Crippen molar-refractivity contribution in [3.8, 4) is 0 Å². The number of nitrogens with two attached hydrogens (primary N) is 2. The van der Waals surface area contributed by atoms with Gasteiger partial charge in [0.25, 0.3) is 0 Å². The van der Waals surface area contributed by atoms with E-state index in [1.807, 2.05) is 201 Å². The molecule has 0 radical (unpaired) electrons. The van der Waals surface area contributed by atoms with Crippen molar-refractivity contribution in [1.29, 1.82) is 0 Å². The summed E-state index contributed by atoms with van der Waals surface area (Å²) >= 11 is 2.19. The van der Waals surface area contributed by atoms with Crippen LogP contribution in [0.5, 0.6) is 0 Å². The second-order valence-corrected chi connectivity index (χ2v) is 18.2. The predicted octanol–water partition coefficient (Wildman–Crippen LogP) is 16.6. The average Bonchev–Trinajstić information content (AvgIpc) is 3.51. The molecule has 0 atom stereocenters. The number of amides is 2. The molecule has 9 aromatic rings. The molecule has 0 saturated carbocycles. The number of hydrazine groups is 2. The minimum absolute atomic E-state index is 0.374. The zero-order valence-corrected chi connectivity index (χ0v) is 45.5. The normalized spacial score (nSPS) is 10.7. The van der Waals surface area contributed by atoms with Gasteiger partial charge in [0.1, 0.15) is 0 Å². The van der Waals surface area contributed by atoms with Crippen LogP contribution in [0.15, 0.2) is 237 Å². The summed E-state index contributed by atoms with van der Waals surface area (Å²) in [5.74, 6) is 5.97. The van der Waals surface area contributed by atoms with Gasteiger partial charge in [-0.05, 0) is 144 Å². The Morgan fingerprint density at radius 3 is 1.52 bits per heavy atom. The lowest BCUT2D eigenvalue weighted by Crippen LogP contribution is -2.41. The van der Waals surface area contributed by atoms with E-state index in [-0.39, 0.29) is 6.03 Å². The summed E-state index contributed by atoms with van der Waals surface area (Å²) in [6.07, 6.45) is 0. The second kappa shape index (κ2) is 31.7. The van der Waals surface area contributed by atoms with Crippen LogP contribution in [-0.4, -0.2) is 32.3 Å². The van der Waals surface area contributed by atoms with Crippen LogP contribution in [0.25, 0.3) is 19.4 Å². The largest absolute Gasteiger partial charge is 0.399 e. The van der Waals surface area contributed by atoms with E-state index in [0.717, 1.165) is 75.2 Å². The first-order valence-corrected chi connectivity index (χ1v) is 25.8. The molecule has 79 heavy (non-hydrogen) atoms. The minimum Gasteiger partial charge on any atom is -0.399 e. The van der Waals surface area contributed by atoms with Crippen molar-refractivity contribution >= 4 is 103 Å². The van der Waals surface area contributed by atoms with E-state index in [2.05, 4.69) is 62.9 Å². The standard InChI is InChI=1S/C25H25N5O2.C13H11N3.C13H10N2.C7H4IN.C6H7N/c1-19-17-21(11-12-24(19)29-13-15-32-16-14-29)27-25(31)28-30(22-8-4-3-5-9-22)23-10-6-7-20(18-23)26-2;1-15-11-6-5-9-13(10-11)16(14)12-7-3-2-4-8-12;1-14-12-8-5-9-13(10-12)15-11-6-3-2-4-7-11;1-9-7-4-2-3-6(8)5-7;7-6-4-2-1-3-5-6/h3-12,17-18H,13-16H2,1H3,(H2,27,28,31);2-10H,14H2;2-10,15H;2-5H;1-5H,7H2. The van der Waals surface area contributed by atoms with Gasteiger partial charge in [0, 0.05) is 50.8 Å². The van der Waals surface area contributed by atoms with E-state index in [1.54, 1.807) is 52.5 Å². The summed E-state index contributed by atoms with van der Waals surface area (Å²) in [5.41, 5.74) is 19.6. The molecule has 10 rings (SSSR count). The lowest BCUT2D eigenvalue weighted by Gasteiger charge is -2.30. The Bertz CT molecular complexity index is 3500. The maximum atomic E-state index is 12.9. The highest BCUT2D eigenvalue weighted by Crippen LogP contribution is 2.29. The maximum Gasteiger partial charge on any atom is 0.338 e. The first-order valence-electron chi connectivity index (χ1n) is 24.7. The molecule has 2 amide bonds. The zero-order chi connectivity index (χ0) is 56.0. The lowest BCUT2D eigenvalue weighted by molar-refractivity contribution is 0.122. The summed E-state index contributed by atoms with van der Waals surface area (Å²) in [6.45, 7) is 33.0. The highest BCUT2D eigenvalue weighted by molar-refractivity contribution is 14.1. The van der Waals surface area contributed by atoms with Crippen molar-refractivity contribution in [1.82, 2.24) is 5.43 Å². The monoisotopic (exact) mass is 1150 g/mol. The Morgan fingerprint density at radius 2 is 0.987 bits per heavy atom. The van der Waals surface area contributed by atoms with Gasteiger partial charge in [0.2, 0.25) is 0 Å². The Hall–Kier alpha value is -10.1. The number of anilines is 9.